The van der Waals surface area contributed by atoms with Crippen LogP contribution in [0, 0.1) is 24.1 Å². The van der Waals surface area contributed by atoms with Crippen molar-refractivity contribution in [3.8, 4) is 17.2 Å². The number of carbonyl (C=O) groups excluding carboxylic acids is 2. The van der Waals surface area contributed by atoms with Crippen molar-refractivity contribution >= 4 is 12.3 Å². The van der Waals surface area contributed by atoms with Gasteiger partial charge >= 0.3 is 0 Å². The Bertz CT molecular complexity index is 930. The van der Waals surface area contributed by atoms with E-state index in [1.807, 2.05) is 24.3 Å². The molecule has 3 rings (SSSR count). The summed E-state index contributed by atoms with van der Waals surface area (Å²) in [6, 6.07) is 12.5. The average Bonchev–Trinajstić information content (AvgIpc) is 3.22. The molecule has 2 aromatic carbocycles. The molecule has 34 heavy (non-hydrogen) atoms. The molecule has 2 N–H and O–H groups in total. The van der Waals surface area contributed by atoms with E-state index in [0.717, 1.165) is 16.7 Å². The Morgan fingerprint density at radius 2 is 1.59 bits per heavy atom. The van der Waals surface area contributed by atoms with Crippen LogP contribution in [0.15, 0.2) is 36.4 Å². The van der Waals surface area contributed by atoms with E-state index in [9.17, 15) is 14.0 Å². The van der Waals surface area contributed by atoms with Gasteiger partial charge in [0.15, 0.2) is 0 Å². The SMILES string of the molecule is CCCCCCCCCC.Cc1ccc(-c2ccc3c(c2)C(=O)NC3)cc1F.N#CCNC=O. The van der Waals surface area contributed by atoms with Gasteiger partial charge in [0.2, 0.25) is 6.41 Å². The van der Waals surface area contributed by atoms with Gasteiger partial charge in [0, 0.05) is 12.1 Å². The molecule has 0 aliphatic carbocycles. The topological polar surface area (TPSA) is 82.0 Å². The molecule has 0 bridgehead atoms. The van der Waals surface area contributed by atoms with Gasteiger partial charge in [0.05, 0.1) is 6.07 Å². The van der Waals surface area contributed by atoms with Crippen molar-refractivity contribution < 1.29 is 14.0 Å². The molecular weight excluding hydrogens is 429 g/mol. The van der Waals surface area contributed by atoms with Crippen molar-refractivity contribution in [2.75, 3.05) is 6.54 Å². The highest BCUT2D eigenvalue weighted by molar-refractivity contribution is 5.99. The van der Waals surface area contributed by atoms with E-state index in [1.54, 1.807) is 19.1 Å². The summed E-state index contributed by atoms with van der Waals surface area (Å²) in [5.41, 5.74) is 3.97. The van der Waals surface area contributed by atoms with Crippen LogP contribution in [0.25, 0.3) is 11.1 Å². The number of carbonyl (C=O) groups is 2. The first-order valence-electron chi connectivity index (χ1n) is 12.2. The third-order valence-electron chi connectivity index (χ3n) is 5.52. The van der Waals surface area contributed by atoms with E-state index < -0.39 is 0 Å². The maximum atomic E-state index is 13.5. The molecule has 0 radical (unpaired) electrons. The summed E-state index contributed by atoms with van der Waals surface area (Å²) in [6.07, 6.45) is 11.9. The third kappa shape index (κ3) is 10.6. The molecule has 0 spiro atoms. The Morgan fingerprint density at radius 1 is 1.00 bits per heavy atom. The van der Waals surface area contributed by atoms with Gasteiger partial charge in [-0.25, -0.2) is 4.39 Å². The van der Waals surface area contributed by atoms with Crippen molar-refractivity contribution in [1.29, 1.82) is 5.26 Å². The summed E-state index contributed by atoms with van der Waals surface area (Å²) in [5, 5.41) is 12.7. The minimum atomic E-state index is -0.225. The quantitative estimate of drug-likeness (QED) is 0.239. The van der Waals surface area contributed by atoms with Gasteiger partial charge in [-0.3, -0.25) is 9.59 Å². The zero-order valence-electron chi connectivity index (χ0n) is 20.8. The highest BCUT2D eigenvalue weighted by atomic mass is 19.1. The van der Waals surface area contributed by atoms with Crippen LogP contribution in [0.4, 0.5) is 4.39 Å². The number of fused-ring (bicyclic) bond motifs is 1. The second-order valence-electron chi connectivity index (χ2n) is 8.30. The fraction of sp³-hybridized carbons (Fsp3) is 0.464. The van der Waals surface area contributed by atoms with Crippen molar-refractivity contribution in [1.82, 2.24) is 10.6 Å². The molecule has 0 atom stereocenters. The van der Waals surface area contributed by atoms with E-state index in [0.29, 0.717) is 24.1 Å². The molecule has 2 aromatic rings. The van der Waals surface area contributed by atoms with E-state index in [4.69, 9.17) is 5.26 Å². The molecule has 1 aliphatic rings. The smallest absolute Gasteiger partial charge is 0.251 e. The van der Waals surface area contributed by atoms with Crippen molar-refractivity contribution in [2.45, 2.75) is 78.7 Å². The van der Waals surface area contributed by atoms with Gasteiger partial charge in [-0.2, -0.15) is 5.26 Å². The summed E-state index contributed by atoms with van der Waals surface area (Å²) in [5.74, 6) is -0.281. The molecule has 0 saturated heterocycles. The number of halogens is 1. The van der Waals surface area contributed by atoms with E-state index in [1.165, 1.54) is 57.4 Å². The molecule has 1 aliphatic heterocycles. The fourth-order valence-electron chi connectivity index (χ4n) is 3.46. The number of hydrogen-bond acceptors (Lipinski definition) is 3. The molecule has 0 saturated carbocycles. The maximum Gasteiger partial charge on any atom is 0.251 e. The van der Waals surface area contributed by atoms with Crippen molar-refractivity contribution in [2.24, 2.45) is 0 Å². The van der Waals surface area contributed by atoms with Gasteiger partial charge < -0.3 is 10.6 Å². The van der Waals surface area contributed by atoms with Gasteiger partial charge in [0.1, 0.15) is 12.4 Å². The van der Waals surface area contributed by atoms with Gasteiger partial charge in [-0.15, -0.1) is 0 Å². The molecule has 0 fully saturated rings. The number of amides is 2. The number of unbranched alkanes of at least 4 members (excludes halogenated alkanes) is 7. The first kappa shape index (κ1) is 28.8. The highest BCUT2D eigenvalue weighted by Crippen LogP contribution is 2.26. The average molecular weight is 468 g/mol. The van der Waals surface area contributed by atoms with Gasteiger partial charge in [-0.1, -0.05) is 89.5 Å². The van der Waals surface area contributed by atoms with Crippen LogP contribution >= 0.6 is 0 Å². The lowest BCUT2D eigenvalue weighted by Crippen LogP contribution is -2.12. The molecule has 0 aromatic heterocycles. The normalized spacial score (nSPS) is 11.1. The second kappa shape index (κ2) is 17.3. The highest BCUT2D eigenvalue weighted by Gasteiger charge is 2.19. The summed E-state index contributed by atoms with van der Waals surface area (Å²) in [6.45, 7) is 6.95. The number of benzene rings is 2. The predicted octanol–water partition coefficient (Wildman–Crippen LogP) is 6.45. The first-order valence-corrected chi connectivity index (χ1v) is 12.2. The molecule has 1 heterocycles. The lowest BCUT2D eigenvalue weighted by atomic mass is 9.99. The van der Waals surface area contributed by atoms with E-state index in [2.05, 4.69) is 24.5 Å². The standard InChI is InChI=1S/C15H12FNO.C10H22.C3H4N2O/c1-9-2-3-11(7-14(9)16)10-4-5-12-8-17-15(18)13(12)6-10;1-3-5-7-9-10-8-6-4-2;4-1-2-5-3-6/h2-7H,8H2,1H3,(H,17,18);3-10H2,1-2H3;3H,2H2,(H,5,6). The van der Waals surface area contributed by atoms with Gasteiger partial charge in [0.25, 0.3) is 5.91 Å². The van der Waals surface area contributed by atoms with Crippen LogP contribution in [0.1, 0.15) is 86.7 Å². The lowest BCUT2D eigenvalue weighted by Gasteiger charge is -2.05. The van der Waals surface area contributed by atoms with E-state index >= 15 is 0 Å². The Balaban J connectivity index is 0.000000307. The summed E-state index contributed by atoms with van der Waals surface area (Å²) >= 11 is 0. The van der Waals surface area contributed by atoms with Crippen LogP contribution in [-0.2, 0) is 11.3 Å². The minimum absolute atomic E-state index is 0.0561. The lowest BCUT2D eigenvalue weighted by molar-refractivity contribution is -0.109. The van der Waals surface area contributed by atoms with Crippen LogP contribution in [0.5, 0.6) is 0 Å². The Labute approximate surface area is 203 Å². The van der Waals surface area contributed by atoms with Crippen molar-refractivity contribution in [3.05, 3.63) is 58.9 Å². The summed E-state index contributed by atoms with van der Waals surface area (Å²) in [4.78, 5) is 20.9. The number of nitriles is 1. The fourth-order valence-corrected chi connectivity index (χ4v) is 3.46. The molecule has 5 nitrogen and oxygen atoms in total. The van der Waals surface area contributed by atoms with Crippen LogP contribution < -0.4 is 10.6 Å². The van der Waals surface area contributed by atoms with Crippen LogP contribution in [0.2, 0.25) is 0 Å². The zero-order valence-corrected chi connectivity index (χ0v) is 20.8. The van der Waals surface area contributed by atoms with Crippen LogP contribution in [0.3, 0.4) is 0 Å². The molecule has 6 heteroatoms. The third-order valence-corrected chi connectivity index (χ3v) is 5.52. The number of nitrogens with one attached hydrogen (secondary N) is 2. The zero-order chi connectivity index (χ0) is 25.2. The summed E-state index contributed by atoms with van der Waals surface area (Å²) in [7, 11) is 0. The molecular formula is C28H38FN3O2. The van der Waals surface area contributed by atoms with Gasteiger partial charge in [-0.05, 0) is 41.3 Å². The molecule has 0 unspecified atom stereocenters. The van der Waals surface area contributed by atoms with Crippen LogP contribution in [-0.4, -0.2) is 18.9 Å². The second-order valence-corrected chi connectivity index (χ2v) is 8.30. The summed E-state index contributed by atoms with van der Waals surface area (Å²) < 4.78 is 13.5. The Hall–Kier alpha value is -3.20. The minimum Gasteiger partial charge on any atom is -0.348 e. The Kier molecular flexibility index (Phi) is 14.7. The van der Waals surface area contributed by atoms with Crippen molar-refractivity contribution in [3.63, 3.8) is 0 Å². The number of nitrogens with zero attached hydrogens (tertiary/aromatic N) is 1. The predicted molar refractivity (Wildman–Crippen MR) is 136 cm³/mol. The van der Waals surface area contributed by atoms with E-state index in [-0.39, 0.29) is 18.3 Å². The molecule has 2 amide bonds. The monoisotopic (exact) mass is 467 g/mol. The molecule has 184 valence electrons. The first-order chi connectivity index (χ1) is 16.5. The largest absolute Gasteiger partial charge is 0.348 e. The maximum absolute atomic E-state index is 13.5. The number of aryl methyl sites for hydroxylation is 1. The number of rotatable bonds is 10. The Morgan fingerprint density at radius 3 is 2.12 bits per heavy atom. The number of hydrogen-bond donors (Lipinski definition) is 2.